The summed E-state index contributed by atoms with van der Waals surface area (Å²) in [5.41, 5.74) is 0. The molecule has 0 aromatic carbocycles. The summed E-state index contributed by atoms with van der Waals surface area (Å²) in [5.74, 6) is -11.1. The Morgan fingerprint density at radius 2 is 1.33 bits per heavy atom. The van der Waals surface area contributed by atoms with E-state index in [4.69, 9.17) is 20.4 Å². The zero-order valence-electron chi connectivity index (χ0n) is 9.15. The van der Waals surface area contributed by atoms with E-state index in [1.807, 2.05) is 0 Å². The van der Waals surface area contributed by atoms with Gasteiger partial charge in [0.25, 0.3) is 0 Å². The Morgan fingerprint density at radius 3 is 1.67 bits per heavy atom. The lowest BCUT2D eigenvalue weighted by atomic mass is 9.86. The van der Waals surface area contributed by atoms with Gasteiger partial charge in [0.2, 0.25) is 0 Å². The fraction of sp³-hybridized carbons (Fsp3) is 0.600. The van der Waals surface area contributed by atoms with Crippen molar-refractivity contribution in [1.29, 1.82) is 0 Å². The summed E-state index contributed by atoms with van der Waals surface area (Å²) in [6.07, 6.45) is -0.805. The second kappa shape index (κ2) is 5.03. The van der Waals surface area contributed by atoms with Crippen molar-refractivity contribution in [1.82, 2.24) is 0 Å². The molecule has 0 bridgehead atoms. The summed E-state index contributed by atoms with van der Waals surface area (Å²) >= 11 is 0. The Labute approximate surface area is 101 Å². The highest BCUT2D eigenvalue weighted by molar-refractivity contribution is 5.87. The van der Waals surface area contributed by atoms with E-state index in [2.05, 4.69) is 0 Å². The van der Waals surface area contributed by atoms with Gasteiger partial charge in [-0.2, -0.15) is 0 Å². The third-order valence-electron chi connectivity index (χ3n) is 3.21. The van der Waals surface area contributed by atoms with Crippen LogP contribution < -0.4 is 0 Å². The van der Waals surface area contributed by atoms with E-state index in [9.17, 15) is 19.2 Å². The predicted molar refractivity (Wildman–Crippen MR) is 53.7 cm³/mol. The molecule has 0 unspecified atom stereocenters. The molecule has 0 saturated heterocycles. The average Bonchev–Trinajstić information content (AvgIpc) is 2.55. The molecule has 8 heteroatoms. The normalized spacial score (nSPS) is 30.9. The molecular formula is C10H12O8. The number of aliphatic carboxylic acids is 4. The Balaban J connectivity index is 3.09. The average molecular weight is 260 g/mol. The summed E-state index contributed by atoms with van der Waals surface area (Å²) in [7, 11) is 0. The first-order chi connectivity index (χ1) is 8.25. The Hall–Kier alpha value is -2.12. The standard InChI is InChI=1S/C10H12O8/c11-5(12)2-3-1-4(8(13)14)7(10(17)18)6(3)9(15)16/h3-4,6-7H,1-2H2,(H,11,12)(H,13,14)(H,15,16)(H,17,18)/t3-,4-,6+,7+/m0/s1. The summed E-state index contributed by atoms with van der Waals surface area (Å²) in [4.78, 5) is 43.5. The summed E-state index contributed by atoms with van der Waals surface area (Å²) in [5, 5.41) is 35.4. The predicted octanol–water partition coefficient (Wildman–Crippen LogP) is -0.417. The summed E-state index contributed by atoms with van der Waals surface area (Å²) < 4.78 is 0. The Morgan fingerprint density at radius 1 is 0.833 bits per heavy atom. The van der Waals surface area contributed by atoms with Crippen molar-refractivity contribution < 1.29 is 39.6 Å². The minimum absolute atomic E-state index is 0.254. The molecule has 0 amide bonds. The maximum Gasteiger partial charge on any atom is 0.308 e. The molecule has 8 nitrogen and oxygen atoms in total. The van der Waals surface area contributed by atoms with Crippen LogP contribution in [0.1, 0.15) is 12.8 Å². The molecule has 0 spiro atoms. The van der Waals surface area contributed by atoms with Gasteiger partial charge in [-0.15, -0.1) is 0 Å². The van der Waals surface area contributed by atoms with Gasteiger partial charge in [-0.1, -0.05) is 0 Å². The molecule has 0 heterocycles. The van der Waals surface area contributed by atoms with Crippen LogP contribution in [-0.4, -0.2) is 44.3 Å². The fourth-order valence-corrected chi connectivity index (χ4v) is 2.53. The Kier molecular flexibility index (Phi) is 3.89. The van der Waals surface area contributed by atoms with Crippen LogP contribution in [0, 0.1) is 23.7 Å². The van der Waals surface area contributed by atoms with Crippen LogP contribution in [-0.2, 0) is 19.2 Å². The molecule has 0 aliphatic heterocycles. The van der Waals surface area contributed by atoms with E-state index in [0.717, 1.165) is 0 Å². The van der Waals surface area contributed by atoms with E-state index < -0.39 is 54.0 Å². The van der Waals surface area contributed by atoms with Crippen LogP contribution in [0.25, 0.3) is 0 Å². The van der Waals surface area contributed by atoms with Crippen LogP contribution in [0.2, 0.25) is 0 Å². The first-order valence-electron chi connectivity index (χ1n) is 5.16. The minimum atomic E-state index is -1.59. The second-order valence-corrected chi connectivity index (χ2v) is 4.27. The molecule has 1 saturated carbocycles. The van der Waals surface area contributed by atoms with Crippen molar-refractivity contribution in [2.45, 2.75) is 12.8 Å². The fourth-order valence-electron chi connectivity index (χ4n) is 2.53. The van der Waals surface area contributed by atoms with Crippen LogP contribution in [0.5, 0.6) is 0 Å². The number of carboxylic acid groups (broad SMARTS) is 4. The number of carboxylic acids is 4. The second-order valence-electron chi connectivity index (χ2n) is 4.27. The van der Waals surface area contributed by atoms with Gasteiger partial charge in [-0.25, -0.2) is 0 Å². The zero-order valence-corrected chi connectivity index (χ0v) is 9.15. The van der Waals surface area contributed by atoms with E-state index >= 15 is 0 Å². The number of hydrogen-bond donors (Lipinski definition) is 4. The molecule has 0 aromatic rings. The van der Waals surface area contributed by atoms with E-state index in [1.54, 1.807) is 0 Å². The van der Waals surface area contributed by atoms with E-state index in [0.29, 0.717) is 0 Å². The van der Waals surface area contributed by atoms with Gasteiger partial charge in [-0.05, 0) is 12.3 Å². The molecular weight excluding hydrogens is 248 g/mol. The van der Waals surface area contributed by atoms with Crippen LogP contribution in [0.15, 0.2) is 0 Å². The molecule has 1 aliphatic rings. The third-order valence-corrected chi connectivity index (χ3v) is 3.21. The molecule has 4 atom stereocenters. The first kappa shape index (κ1) is 13.9. The monoisotopic (exact) mass is 260 g/mol. The molecule has 1 fully saturated rings. The van der Waals surface area contributed by atoms with Crippen molar-refractivity contribution >= 4 is 23.9 Å². The van der Waals surface area contributed by atoms with Gasteiger partial charge in [0.15, 0.2) is 0 Å². The SMILES string of the molecule is O=C(O)C[C@@H]1C[C@H](C(=O)O)[C@@H](C(=O)O)[C@@H]1C(=O)O. The molecule has 4 N–H and O–H groups in total. The van der Waals surface area contributed by atoms with Crippen molar-refractivity contribution in [3.05, 3.63) is 0 Å². The van der Waals surface area contributed by atoms with Gasteiger partial charge in [-0.3, -0.25) is 19.2 Å². The highest BCUT2D eigenvalue weighted by Gasteiger charge is 2.54. The minimum Gasteiger partial charge on any atom is -0.481 e. The number of rotatable bonds is 5. The van der Waals surface area contributed by atoms with Crippen molar-refractivity contribution in [3.63, 3.8) is 0 Å². The first-order valence-corrected chi connectivity index (χ1v) is 5.16. The molecule has 0 aromatic heterocycles. The van der Waals surface area contributed by atoms with Crippen LogP contribution in [0.3, 0.4) is 0 Å². The zero-order chi connectivity index (χ0) is 14.0. The van der Waals surface area contributed by atoms with Crippen molar-refractivity contribution in [3.8, 4) is 0 Å². The lowest BCUT2D eigenvalue weighted by molar-refractivity contribution is -0.158. The summed E-state index contributed by atoms with van der Waals surface area (Å²) in [6, 6.07) is 0. The maximum absolute atomic E-state index is 11.0. The van der Waals surface area contributed by atoms with Crippen LogP contribution >= 0.6 is 0 Å². The summed E-state index contributed by atoms with van der Waals surface area (Å²) in [6.45, 7) is 0. The lowest BCUT2D eigenvalue weighted by Crippen LogP contribution is -2.34. The molecule has 100 valence electrons. The van der Waals surface area contributed by atoms with Crippen molar-refractivity contribution in [2.75, 3.05) is 0 Å². The van der Waals surface area contributed by atoms with E-state index in [1.165, 1.54) is 0 Å². The molecule has 0 radical (unpaired) electrons. The van der Waals surface area contributed by atoms with Gasteiger partial charge in [0.1, 0.15) is 0 Å². The lowest BCUT2D eigenvalue weighted by Gasteiger charge is -2.17. The van der Waals surface area contributed by atoms with Gasteiger partial charge < -0.3 is 20.4 Å². The molecule has 1 aliphatic carbocycles. The third kappa shape index (κ3) is 2.58. The highest BCUT2D eigenvalue weighted by atomic mass is 16.4. The smallest absolute Gasteiger partial charge is 0.308 e. The van der Waals surface area contributed by atoms with Gasteiger partial charge in [0.05, 0.1) is 17.8 Å². The van der Waals surface area contributed by atoms with Crippen molar-refractivity contribution in [2.24, 2.45) is 23.7 Å². The Bertz CT molecular complexity index is 401. The van der Waals surface area contributed by atoms with Gasteiger partial charge >= 0.3 is 23.9 Å². The topological polar surface area (TPSA) is 149 Å². The molecule has 1 rings (SSSR count). The molecule has 18 heavy (non-hydrogen) atoms. The quantitative estimate of drug-likeness (QED) is 0.520. The number of carbonyl (C=O) groups is 4. The highest BCUT2D eigenvalue weighted by Crippen LogP contribution is 2.43. The van der Waals surface area contributed by atoms with Crippen LogP contribution in [0.4, 0.5) is 0 Å². The number of hydrogen-bond acceptors (Lipinski definition) is 4. The largest absolute Gasteiger partial charge is 0.481 e. The maximum atomic E-state index is 11.0. The van der Waals surface area contributed by atoms with E-state index in [-0.39, 0.29) is 6.42 Å². The van der Waals surface area contributed by atoms with Gasteiger partial charge in [0, 0.05) is 6.42 Å².